The molecule has 3 amide bonds. The molecule has 0 radical (unpaired) electrons. The Bertz CT molecular complexity index is 1290. The first-order valence-electron chi connectivity index (χ1n) is 9.69. The van der Waals surface area contributed by atoms with Gasteiger partial charge in [0.15, 0.2) is 21.3 Å². The number of anilines is 1. The first kappa shape index (κ1) is 22.2. The molecular formula is C20H19N5O7S. The molecular weight excluding hydrogens is 454 g/mol. The van der Waals surface area contributed by atoms with Gasteiger partial charge in [0.05, 0.1) is 18.3 Å². The predicted molar refractivity (Wildman–Crippen MR) is 115 cm³/mol. The Labute approximate surface area is 187 Å². The van der Waals surface area contributed by atoms with Gasteiger partial charge in [-0.3, -0.25) is 14.4 Å². The monoisotopic (exact) mass is 473 g/mol. The van der Waals surface area contributed by atoms with E-state index in [0.717, 1.165) is 12.3 Å². The molecule has 0 saturated carbocycles. The van der Waals surface area contributed by atoms with Crippen molar-refractivity contribution in [3.63, 3.8) is 0 Å². The molecule has 12 nitrogen and oxygen atoms in total. The topological polar surface area (TPSA) is 178 Å². The molecule has 2 atom stereocenters. The highest BCUT2D eigenvalue weighted by atomic mass is 32.2. The van der Waals surface area contributed by atoms with Crippen LogP contribution >= 0.6 is 0 Å². The summed E-state index contributed by atoms with van der Waals surface area (Å²) in [4.78, 5) is 41.2. The number of phenols is 2. The van der Waals surface area contributed by atoms with E-state index in [1.165, 1.54) is 42.3 Å². The van der Waals surface area contributed by atoms with Crippen LogP contribution < -0.4 is 10.7 Å². The van der Waals surface area contributed by atoms with Gasteiger partial charge in [-0.1, -0.05) is 0 Å². The van der Waals surface area contributed by atoms with E-state index in [-0.39, 0.29) is 41.6 Å². The minimum absolute atomic E-state index is 0.0242. The molecule has 13 heteroatoms. The summed E-state index contributed by atoms with van der Waals surface area (Å²) in [5, 5.41) is 24.2. The van der Waals surface area contributed by atoms with E-state index >= 15 is 0 Å². The number of hydrogen-bond acceptors (Lipinski definition) is 9. The van der Waals surface area contributed by atoms with Crippen molar-refractivity contribution < 1.29 is 33.0 Å². The second-order valence-electron chi connectivity index (χ2n) is 7.83. The normalized spacial score (nSPS) is 23.1. The maximum absolute atomic E-state index is 12.6. The van der Waals surface area contributed by atoms with Crippen LogP contribution in [0.2, 0.25) is 0 Å². The van der Waals surface area contributed by atoms with Gasteiger partial charge in [0.25, 0.3) is 11.8 Å². The Balaban J connectivity index is 1.37. The molecule has 2 aliphatic heterocycles. The lowest BCUT2D eigenvalue weighted by Gasteiger charge is -2.31. The molecule has 2 fully saturated rings. The number of phenolic OH excluding ortho intramolecular Hbond substituents is 2. The number of hydrazone groups is 1. The quantitative estimate of drug-likeness (QED) is 0.206. The number of aromatic nitrogens is 1. The van der Waals surface area contributed by atoms with Crippen LogP contribution in [0.4, 0.5) is 5.69 Å². The van der Waals surface area contributed by atoms with E-state index in [1.807, 2.05) is 0 Å². The van der Waals surface area contributed by atoms with Crippen LogP contribution in [0, 0.1) is 0 Å². The summed E-state index contributed by atoms with van der Waals surface area (Å²) in [6.07, 6.45) is 2.29. The summed E-state index contributed by atoms with van der Waals surface area (Å²) in [7, 11) is -3.65. The van der Waals surface area contributed by atoms with Crippen LogP contribution in [0.1, 0.15) is 34.2 Å². The second kappa shape index (κ2) is 7.85. The molecule has 2 aliphatic rings. The highest BCUT2D eigenvalue weighted by molar-refractivity contribution is 7.94. The van der Waals surface area contributed by atoms with Crippen LogP contribution in [0.25, 0.3) is 0 Å². The lowest BCUT2D eigenvalue weighted by molar-refractivity contribution is -0.140. The number of nitrogens with one attached hydrogen (secondary N) is 2. The zero-order valence-electron chi connectivity index (χ0n) is 17.2. The van der Waals surface area contributed by atoms with Gasteiger partial charge in [-0.25, -0.2) is 18.8 Å². The lowest BCUT2D eigenvalue weighted by atomic mass is 10.1. The van der Waals surface area contributed by atoms with Crippen molar-refractivity contribution in [2.45, 2.75) is 23.5 Å². The van der Waals surface area contributed by atoms with Gasteiger partial charge >= 0.3 is 0 Å². The van der Waals surface area contributed by atoms with Crippen molar-refractivity contribution in [1.29, 1.82) is 0 Å². The number of fused-ring (bicyclic) bond motifs is 1. The van der Waals surface area contributed by atoms with Gasteiger partial charge in [0.1, 0.15) is 15.8 Å². The molecule has 1 aromatic heterocycles. The Morgan fingerprint density at radius 3 is 2.58 bits per heavy atom. The van der Waals surface area contributed by atoms with Crippen LogP contribution in [0.15, 0.2) is 41.6 Å². The van der Waals surface area contributed by atoms with Crippen molar-refractivity contribution >= 4 is 39.5 Å². The number of benzene rings is 1. The fourth-order valence-corrected chi connectivity index (χ4v) is 5.53. The van der Waals surface area contributed by atoms with Crippen LogP contribution in [-0.4, -0.2) is 69.1 Å². The number of β-lactam (4-membered cyclic amide) rings is 1. The molecule has 2 aromatic rings. The highest BCUT2D eigenvalue weighted by Crippen LogP contribution is 2.40. The first-order valence-corrected chi connectivity index (χ1v) is 11.2. The van der Waals surface area contributed by atoms with Gasteiger partial charge in [0.2, 0.25) is 5.91 Å². The molecule has 2 saturated heterocycles. The van der Waals surface area contributed by atoms with Crippen LogP contribution in [0.5, 0.6) is 11.5 Å². The predicted octanol–water partition coefficient (Wildman–Crippen LogP) is 0.206. The lowest BCUT2D eigenvalue weighted by Crippen LogP contribution is -2.50. The molecule has 0 aliphatic carbocycles. The molecule has 4 rings (SSSR count). The summed E-state index contributed by atoms with van der Waals surface area (Å²) >= 11 is 0. The smallest absolute Gasteiger partial charge is 0.289 e. The number of hydrogen-bond donors (Lipinski definition) is 4. The minimum Gasteiger partial charge on any atom is -0.504 e. The van der Waals surface area contributed by atoms with Crippen molar-refractivity contribution in [2.24, 2.45) is 5.10 Å². The average molecular weight is 473 g/mol. The largest absolute Gasteiger partial charge is 0.504 e. The number of carbonyl (C=O) groups is 3. The Hall–Kier alpha value is -4.00. The maximum atomic E-state index is 12.6. The standard InChI is InChI=1S/C20H19N5O7S/c1-20(10-25-16(28)7-17(25)33(20,31)32)9-22-24-19(30)13-4-3-12(8-21-13)23-18(29)11-2-5-14(26)15(27)6-11/h2-6,8-9,17,26-27H,7,10H2,1H3,(H,23,29)(H,24,30)/b22-9+/t17-,20+/m1/s1. The van der Waals surface area contributed by atoms with Crippen molar-refractivity contribution in [3.05, 3.63) is 47.8 Å². The number of amides is 3. The molecule has 172 valence electrons. The van der Waals surface area contributed by atoms with Gasteiger partial charge in [-0.2, -0.15) is 5.10 Å². The van der Waals surface area contributed by atoms with Crippen molar-refractivity contribution in [2.75, 3.05) is 11.9 Å². The summed E-state index contributed by atoms with van der Waals surface area (Å²) in [5.41, 5.74) is 2.54. The van der Waals surface area contributed by atoms with E-state index in [0.29, 0.717) is 0 Å². The third-order valence-electron chi connectivity index (χ3n) is 5.50. The molecule has 0 spiro atoms. The Kier molecular flexibility index (Phi) is 5.28. The molecule has 4 N–H and O–H groups in total. The fraction of sp³-hybridized carbons (Fsp3) is 0.250. The van der Waals surface area contributed by atoms with Crippen LogP contribution in [0.3, 0.4) is 0 Å². The van der Waals surface area contributed by atoms with Gasteiger partial charge in [-0.15, -0.1) is 0 Å². The Morgan fingerprint density at radius 1 is 1.21 bits per heavy atom. The molecule has 0 bridgehead atoms. The molecule has 3 heterocycles. The highest BCUT2D eigenvalue weighted by Gasteiger charge is 2.61. The van der Waals surface area contributed by atoms with E-state index in [9.17, 15) is 33.0 Å². The van der Waals surface area contributed by atoms with Gasteiger partial charge in [-0.05, 0) is 37.3 Å². The number of sulfone groups is 1. The third kappa shape index (κ3) is 3.86. The molecule has 33 heavy (non-hydrogen) atoms. The third-order valence-corrected chi connectivity index (χ3v) is 8.18. The summed E-state index contributed by atoms with van der Waals surface area (Å²) in [5.74, 6) is -2.30. The number of pyridine rings is 1. The molecule has 1 aromatic carbocycles. The SMILES string of the molecule is C[C@]1(/C=N/NC(=O)c2ccc(NC(=O)c3ccc(O)c(O)c3)cn2)CN2C(=O)C[C@H]2S1(=O)=O. The van der Waals surface area contributed by atoms with E-state index in [4.69, 9.17) is 0 Å². The second-order valence-corrected chi connectivity index (χ2v) is 10.4. The van der Waals surface area contributed by atoms with Crippen LogP contribution in [-0.2, 0) is 14.6 Å². The van der Waals surface area contributed by atoms with E-state index in [1.54, 1.807) is 0 Å². The summed E-state index contributed by atoms with van der Waals surface area (Å²) in [6, 6.07) is 6.34. The van der Waals surface area contributed by atoms with Crippen molar-refractivity contribution in [3.8, 4) is 11.5 Å². The van der Waals surface area contributed by atoms with Crippen molar-refractivity contribution in [1.82, 2.24) is 15.3 Å². The average Bonchev–Trinajstić information content (AvgIpc) is 2.93. The summed E-state index contributed by atoms with van der Waals surface area (Å²) in [6.45, 7) is 1.41. The Morgan fingerprint density at radius 2 is 1.97 bits per heavy atom. The maximum Gasteiger partial charge on any atom is 0.289 e. The zero-order valence-corrected chi connectivity index (χ0v) is 18.0. The molecule has 0 unspecified atom stereocenters. The number of nitrogens with zero attached hydrogens (tertiary/aromatic N) is 3. The fourth-order valence-electron chi connectivity index (χ4n) is 3.50. The number of aromatic hydroxyl groups is 2. The first-order chi connectivity index (χ1) is 15.5. The number of carbonyl (C=O) groups excluding carboxylic acids is 3. The van der Waals surface area contributed by atoms with Gasteiger partial charge in [0, 0.05) is 18.3 Å². The van der Waals surface area contributed by atoms with E-state index in [2.05, 4.69) is 20.8 Å². The number of rotatable bonds is 5. The summed E-state index contributed by atoms with van der Waals surface area (Å²) < 4.78 is 23.7. The zero-order chi connectivity index (χ0) is 24.0. The minimum atomic E-state index is -3.65. The van der Waals surface area contributed by atoms with E-state index < -0.39 is 37.5 Å². The van der Waals surface area contributed by atoms with Gasteiger partial charge < -0.3 is 20.4 Å².